The Kier molecular flexibility index (Phi) is 4.99. The van der Waals surface area contributed by atoms with Crippen LogP contribution in [0.3, 0.4) is 0 Å². The van der Waals surface area contributed by atoms with Crippen molar-refractivity contribution in [1.29, 1.82) is 0 Å². The van der Waals surface area contributed by atoms with Crippen LogP contribution in [0.15, 0.2) is 54.6 Å². The Morgan fingerprint density at radius 3 is 2.24 bits per heavy atom. The molecule has 2 aromatic rings. The number of hydrogen-bond acceptors (Lipinski definition) is 2. The highest BCUT2D eigenvalue weighted by Gasteiger charge is 2.17. The fourth-order valence-electron chi connectivity index (χ4n) is 2.03. The first kappa shape index (κ1) is 15.1. The van der Waals surface area contributed by atoms with E-state index in [4.69, 9.17) is 4.74 Å². The summed E-state index contributed by atoms with van der Waals surface area (Å²) in [6.07, 6.45) is -0.528. The number of carbonyl (C=O) groups excluding carboxylic acids is 1. The predicted octanol–water partition coefficient (Wildman–Crippen LogP) is 3.64. The lowest BCUT2D eigenvalue weighted by molar-refractivity contribution is -0.127. The summed E-state index contributed by atoms with van der Waals surface area (Å²) in [5.41, 5.74) is 2.29. The molecule has 2 rings (SSSR count). The lowest BCUT2D eigenvalue weighted by Crippen LogP contribution is -2.37. The Morgan fingerprint density at radius 2 is 1.62 bits per heavy atom. The van der Waals surface area contributed by atoms with Crippen molar-refractivity contribution >= 4 is 5.91 Å². The van der Waals surface area contributed by atoms with Gasteiger partial charge in [-0.2, -0.15) is 0 Å². The molecular weight excluding hydrogens is 262 g/mol. The zero-order valence-electron chi connectivity index (χ0n) is 12.7. The molecule has 1 amide bonds. The van der Waals surface area contributed by atoms with Gasteiger partial charge in [-0.15, -0.1) is 0 Å². The maximum Gasteiger partial charge on any atom is 0.261 e. The van der Waals surface area contributed by atoms with Crippen LogP contribution in [0.1, 0.15) is 31.0 Å². The summed E-state index contributed by atoms with van der Waals surface area (Å²) in [6, 6.07) is 17.5. The second kappa shape index (κ2) is 6.93. The Balaban J connectivity index is 1.92. The standard InChI is InChI=1S/C18H21NO2/c1-13-9-11-16(12-10-13)14(2)19-18(20)15(3)21-17-7-5-4-6-8-17/h4-12,14-15H,1-3H3,(H,19,20)/t14-,15-/m1/s1. The molecule has 110 valence electrons. The summed E-state index contributed by atoms with van der Waals surface area (Å²) in [5, 5.41) is 2.97. The predicted molar refractivity (Wildman–Crippen MR) is 84.3 cm³/mol. The maximum atomic E-state index is 12.2. The molecular formula is C18H21NO2. The van der Waals surface area contributed by atoms with E-state index in [0.29, 0.717) is 5.75 Å². The topological polar surface area (TPSA) is 38.3 Å². The molecule has 2 atom stereocenters. The third-order valence-corrected chi connectivity index (χ3v) is 3.36. The minimum atomic E-state index is -0.528. The minimum absolute atomic E-state index is 0.0417. The first-order valence-corrected chi connectivity index (χ1v) is 7.15. The number of nitrogens with one attached hydrogen (secondary N) is 1. The van der Waals surface area contributed by atoms with Crippen LogP contribution in [0.25, 0.3) is 0 Å². The van der Waals surface area contributed by atoms with Gasteiger partial charge >= 0.3 is 0 Å². The van der Waals surface area contributed by atoms with Crippen molar-refractivity contribution in [3.63, 3.8) is 0 Å². The van der Waals surface area contributed by atoms with Crippen molar-refractivity contribution < 1.29 is 9.53 Å². The molecule has 0 saturated carbocycles. The molecule has 0 spiro atoms. The number of hydrogen-bond donors (Lipinski definition) is 1. The highest BCUT2D eigenvalue weighted by molar-refractivity contribution is 5.81. The van der Waals surface area contributed by atoms with Gasteiger partial charge in [-0.1, -0.05) is 48.0 Å². The van der Waals surface area contributed by atoms with Gasteiger partial charge in [0.15, 0.2) is 6.10 Å². The molecule has 3 heteroatoms. The van der Waals surface area contributed by atoms with Gasteiger partial charge in [-0.05, 0) is 38.5 Å². The third kappa shape index (κ3) is 4.35. The zero-order chi connectivity index (χ0) is 15.2. The van der Waals surface area contributed by atoms with Crippen molar-refractivity contribution in [1.82, 2.24) is 5.32 Å². The number of para-hydroxylation sites is 1. The van der Waals surface area contributed by atoms with E-state index in [0.717, 1.165) is 5.56 Å². The molecule has 0 fully saturated rings. The molecule has 0 radical (unpaired) electrons. The molecule has 2 aromatic carbocycles. The van der Waals surface area contributed by atoms with Crippen molar-refractivity contribution in [3.05, 3.63) is 65.7 Å². The van der Waals surface area contributed by atoms with Gasteiger partial charge in [0.2, 0.25) is 0 Å². The molecule has 0 saturated heterocycles. The van der Waals surface area contributed by atoms with Crippen LogP contribution in [0.4, 0.5) is 0 Å². The van der Waals surface area contributed by atoms with Gasteiger partial charge in [0, 0.05) is 0 Å². The van der Waals surface area contributed by atoms with Crippen LogP contribution in [0.5, 0.6) is 5.75 Å². The lowest BCUT2D eigenvalue weighted by atomic mass is 10.1. The van der Waals surface area contributed by atoms with Crippen molar-refractivity contribution in [2.45, 2.75) is 32.9 Å². The third-order valence-electron chi connectivity index (χ3n) is 3.36. The molecule has 21 heavy (non-hydrogen) atoms. The molecule has 0 aliphatic rings. The van der Waals surface area contributed by atoms with Crippen LogP contribution in [0, 0.1) is 6.92 Å². The molecule has 0 aromatic heterocycles. The molecule has 3 nitrogen and oxygen atoms in total. The smallest absolute Gasteiger partial charge is 0.261 e. The Bertz CT molecular complexity index is 578. The van der Waals surface area contributed by atoms with Crippen molar-refractivity contribution in [2.75, 3.05) is 0 Å². The van der Waals surface area contributed by atoms with Gasteiger partial charge in [0.25, 0.3) is 5.91 Å². The number of rotatable bonds is 5. The second-order valence-corrected chi connectivity index (χ2v) is 5.21. The van der Waals surface area contributed by atoms with E-state index in [-0.39, 0.29) is 11.9 Å². The average Bonchev–Trinajstić information content (AvgIpc) is 2.48. The highest BCUT2D eigenvalue weighted by Crippen LogP contribution is 2.15. The summed E-state index contributed by atoms with van der Waals surface area (Å²) >= 11 is 0. The van der Waals surface area contributed by atoms with Gasteiger partial charge in [0.1, 0.15) is 5.75 Å². The van der Waals surface area contributed by atoms with Gasteiger partial charge in [-0.3, -0.25) is 4.79 Å². The van der Waals surface area contributed by atoms with E-state index in [1.54, 1.807) is 6.92 Å². The largest absolute Gasteiger partial charge is 0.481 e. The molecule has 1 N–H and O–H groups in total. The average molecular weight is 283 g/mol. The number of benzene rings is 2. The molecule has 0 heterocycles. The van der Waals surface area contributed by atoms with Crippen LogP contribution in [-0.2, 0) is 4.79 Å². The fraction of sp³-hybridized carbons (Fsp3) is 0.278. The molecule has 0 aliphatic heterocycles. The van der Waals surface area contributed by atoms with Crippen LogP contribution in [0.2, 0.25) is 0 Å². The highest BCUT2D eigenvalue weighted by atomic mass is 16.5. The Labute approximate surface area is 126 Å². The van der Waals surface area contributed by atoms with Gasteiger partial charge in [0.05, 0.1) is 6.04 Å². The zero-order valence-corrected chi connectivity index (χ0v) is 12.7. The second-order valence-electron chi connectivity index (χ2n) is 5.21. The number of ether oxygens (including phenoxy) is 1. The van der Waals surface area contributed by atoms with Crippen molar-refractivity contribution in [2.24, 2.45) is 0 Å². The van der Waals surface area contributed by atoms with Gasteiger partial charge < -0.3 is 10.1 Å². The first-order chi connectivity index (χ1) is 10.1. The Hall–Kier alpha value is -2.29. The normalized spacial score (nSPS) is 13.3. The van der Waals surface area contributed by atoms with E-state index >= 15 is 0 Å². The first-order valence-electron chi connectivity index (χ1n) is 7.15. The van der Waals surface area contributed by atoms with Gasteiger partial charge in [-0.25, -0.2) is 0 Å². The number of amides is 1. The quantitative estimate of drug-likeness (QED) is 0.909. The maximum absolute atomic E-state index is 12.2. The van der Waals surface area contributed by atoms with E-state index in [9.17, 15) is 4.79 Å². The van der Waals surface area contributed by atoms with E-state index in [1.165, 1.54) is 5.56 Å². The van der Waals surface area contributed by atoms with E-state index < -0.39 is 6.10 Å². The van der Waals surface area contributed by atoms with E-state index in [1.807, 2.05) is 68.4 Å². The molecule has 0 unspecified atom stereocenters. The summed E-state index contributed by atoms with van der Waals surface area (Å²) in [6.45, 7) is 5.77. The minimum Gasteiger partial charge on any atom is -0.481 e. The summed E-state index contributed by atoms with van der Waals surface area (Å²) in [7, 11) is 0. The molecule has 0 aliphatic carbocycles. The van der Waals surface area contributed by atoms with Crippen LogP contribution < -0.4 is 10.1 Å². The van der Waals surface area contributed by atoms with E-state index in [2.05, 4.69) is 5.32 Å². The van der Waals surface area contributed by atoms with Crippen LogP contribution in [-0.4, -0.2) is 12.0 Å². The summed E-state index contributed by atoms with van der Waals surface area (Å²) in [5.74, 6) is 0.579. The van der Waals surface area contributed by atoms with Crippen molar-refractivity contribution in [3.8, 4) is 5.75 Å². The number of aryl methyl sites for hydroxylation is 1. The molecule has 0 bridgehead atoms. The number of carbonyl (C=O) groups is 1. The summed E-state index contributed by atoms with van der Waals surface area (Å²) in [4.78, 5) is 12.2. The van der Waals surface area contributed by atoms with Crippen LogP contribution >= 0.6 is 0 Å². The fourth-order valence-corrected chi connectivity index (χ4v) is 2.03. The Morgan fingerprint density at radius 1 is 1.00 bits per heavy atom. The SMILES string of the molecule is Cc1ccc([C@@H](C)NC(=O)[C@@H](C)Oc2ccccc2)cc1. The summed E-state index contributed by atoms with van der Waals surface area (Å²) < 4.78 is 5.62. The monoisotopic (exact) mass is 283 g/mol. The lowest BCUT2D eigenvalue weighted by Gasteiger charge is -2.19.